The van der Waals surface area contributed by atoms with Crippen molar-refractivity contribution in [3.63, 3.8) is 0 Å². The number of rotatable bonds is 4. The number of carboxylic acids is 1. The summed E-state index contributed by atoms with van der Waals surface area (Å²) in [6, 6.07) is -0.402. The molecule has 0 bridgehead atoms. The molecule has 1 heterocycles. The van der Waals surface area contributed by atoms with Crippen LogP contribution in [0.3, 0.4) is 0 Å². The molecule has 2 rings (SSSR count). The zero-order valence-corrected chi connectivity index (χ0v) is 13.0. The van der Waals surface area contributed by atoms with E-state index in [-0.39, 0.29) is 19.1 Å². The van der Waals surface area contributed by atoms with Crippen molar-refractivity contribution in [2.45, 2.75) is 44.7 Å². The highest BCUT2D eigenvalue weighted by Crippen LogP contribution is 2.26. The van der Waals surface area contributed by atoms with Crippen molar-refractivity contribution in [3.8, 4) is 0 Å². The molecule has 2 fully saturated rings. The third kappa shape index (κ3) is 4.17. The average molecular weight is 298 g/mol. The van der Waals surface area contributed by atoms with Gasteiger partial charge in [0.05, 0.1) is 19.8 Å². The van der Waals surface area contributed by atoms with E-state index in [4.69, 9.17) is 4.74 Å². The largest absolute Gasteiger partial charge is 0.480 e. The second kappa shape index (κ2) is 7.22. The summed E-state index contributed by atoms with van der Waals surface area (Å²) in [5.74, 6) is -0.153. The lowest BCUT2D eigenvalue weighted by Crippen LogP contribution is -2.54. The predicted octanol–water partition coefficient (Wildman–Crippen LogP) is 0.809. The van der Waals surface area contributed by atoms with Crippen LogP contribution in [0.1, 0.15) is 32.6 Å². The van der Waals surface area contributed by atoms with Gasteiger partial charge in [-0.05, 0) is 31.6 Å². The smallest absolute Gasteiger partial charge is 0.323 e. The molecule has 1 unspecified atom stereocenters. The Kier molecular flexibility index (Phi) is 5.58. The SMILES string of the molecule is CC1CCC(N(C)C(=O)CN2CCOCC2C(=O)O)CC1. The van der Waals surface area contributed by atoms with E-state index in [0.29, 0.717) is 19.2 Å². The third-order valence-corrected chi connectivity index (χ3v) is 4.79. The minimum Gasteiger partial charge on any atom is -0.480 e. The molecule has 6 nitrogen and oxygen atoms in total. The summed E-state index contributed by atoms with van der Waals surface area (Å²) in [4.78, 5) is 27.2. The molecule has 2 aliphatic rings. The molecule has 0 aromatic carbocycles. The van der Waals surface area contributed by atoms with E-state index in [1.54, 1.807) is 4.90 Å². The van der Waals surface area contributed by atoms with Crippen LogP contribution >= 0.6 is 0 Å². The number of amides is 1. The highest BCUT2D eigenvalue weighted by molar-refractivity contribution is 5.80. The van der Waals surface area contributed by atoms with Crippen LogP contribution in [-0.2, 0) is 14.3 Å². The number of carbonyl (C=O) groups excluding carboxylic acids is 1. The van der Waals surface area contributed by atoms with E-state index in [9.17, 15) is 14.7 Å². The number of morpholine rings is 1. The molecule has 1 saturated heterocycles. The highest BCUT2D eigenvalue weighted by Gasteiger charge is 2.32. The number of nitrogens with zero attached hydrogens (tertiary/aromatic N) is 2. The Morgan fingerprint density at radius 2 is 1.95 bits per heavy atom. The molecule has 120 valence electrons. The first kappa shape index (κ1) is 16.2. The molecule has 1 atom stereocenters. The molecule has 1 N–H and O–H groups in total. The summed E-state index contributed by atoms with van der Waals surface area (Å²) in [6.45, 7) is 3.57. The van der Waals surface area contributed by atoms with Crippen molar-refractivity contribution in [3.05, 3.63) is 0 Å². The van der Waals surface area contributed by atoms with E-state index < -0.39 is 12.0 Å². The van der Waals surface area contributed by atoms with E-state index in [0.717, 1.165) is 31.6 Å². The van der Waals surface area contributed by atoms with E-state index in [1.165, 1.54) is 0 Å². The average Bonchev–Trinajstić information content (AvgIpc) is 2.47. The topological polar surface area (TPSA) is 70.1 Å². The lowest BCUT2D eigenvalue weighted by Gasteiger charge is -2.37. The molecule has 1 amide bonds. The molecule has 0 aromatic rings. The second-order valence-electron chi connectivity index (χ2n) is 6.32. The summed E-state index contributed by atoms with van der Waals surface area (Å²) in [6.07, 6.45) is 4.43. The van der Waals surface area contributed by atoms with Gasteiger partial charge >= 0.3 is 5.97 Å². The van der Waals surface area contributed by atoms with Crippen LogP contribution in [0.2, 0.25) is 0 Å². The Hall–Kier alpha value is -1.14. The van der Waals surface area contributed by atoms with Crippen molar-refractivity contribution in [1.82, 2.24) is 9.80 Å². The minimum absolute atomic E-state index is 0.0164. The Balaban J connectivity index is 1.88. The van der Waals surface area contributed by atoms with Gasteiger partial charge in [-0.2, -0.15) is 0 Å². The third-order valence-electron chi connectivity index (χ3n) is 4.79. The maximum atomic E-state index is 12.4. The number of hydrogen-bond acceptors (Lipinski definition) is 4. The van der Waals surface area contributed by atoms with Gasteiger partial charge in [0.2, 0.25) is 5.91 Å². The normalized spacial score (nSPS) is 30.9. The molecule has 0 radical (unpaired) electrons. The summed E-state index contributed by atoms with van der Waals surface area (Å²) < 4.78 is 5.20. The van der Waals surface area contributed by atoms with Gasteiger partial charge in [0.15, 0.2) is 0 Å². The first-order valence-electron chi connectivity index (χ1n) is 7.79. The van der Waals surface area contributed by atoms with Crippen molar-refractivity contribution in [1.29, 1.82) is 0 Å². The Morgan fingerprint density at radius 1 is 1.29 bits per heavy atom. The fraction of sp³-hybridized carbons (Fsp3) is 0.867. The monoisotopic (exact) mass is 298 g/mol. The fourth-order valence-corrected chi connectivity index (χ4v) is 3.17. The van der Waals surface area contributed by atoms with Crippen LogP contribution < -0.4 is 0 Å². The quantitative estimate of drug-likeness (QED) is 0.831. The van der Waals surface area contributed by atoms with Gasteiger partial charge in [-0.15, -0.1) is 0 Å². The zero-order chi connectivity index (χ0) is 15.4. The number of aliphatic carboxylic acids is 1. The summed E-state index contributed by atoms with van der Waals surface area (Å²) in [5, 5.41) is 9.19. The lowest BCUT2D eigenvalue weighted by atomic mass is 9.87. The minimum atomic E-state index is -0.920. The molecule has 21 heavy (non-hydrogen) atoms. The van der Waals surface area contributed by atoms with Gasteiger partial charge < -0.3 is 14.7 Å². The Morgan fingerprint density at radius 3 is 2.57 bits per heavy atom. The second-order valence-corrected chi connectivity index (χ2v) is 6.32. The van der Waals surface area contributed by atoms with Gasteiger partial charge in [-0.1, -0.05) is 6.92 Å². The predicted molar refractivity (Wildman–Crippen MR) is 78.0 cm³/mol. The van der Waals surface area contributed by atoms with Crippen LogP contribution in [0.25, 0.3) is 0 Å². The first-order chi connectivity index (χ1) is 9.99. The summed E-state index contributed by atoms with van der Waals surface area (Å²) in [5.41, 5.74) is 0. The maximum absolute atomic E-state index is 12.4. The van der Waals surface area contributed by atoms with Gasteiger partial charge in [0.1, 0.15) is 6.04 Å². The molecular formula is C15H26N2O4. The number of hydrogen-bond donors (Lipinski definition) is 1. The molecular weight excluding hydrogens is 272 g/mol. The Labute approximate surface area is 126 Å². The van der Waals surface area contributed by atoms with Gasteiger partial charge in [0.25, 0.3) is 0 Å². The number of carboxylic acid groups (broad SMARTS) is 1. The van der Waals surface area contributed by atoms with Crippen molar-refractivity contribution in [2.24, 2.45) is 5.92 Å². The van der Waals surface area contributed by atoms with Crippen molar-refractivity contribution in [2.75, 3.05) is 33.4 Å². The number of likely N-dealkylation sites (N-methyl/N-ethyl adjacent to an activating group) is 1. The van der Waals surface area contributed by atoms with Gasteiger partial charge in [0, 0.05) is 19.6 Å². The number of ether oxygens (including phenoxy) is 1. The first-order valence-corrected chi connectivity index (χ1v) is 7.79. The van der Waals surface area contributed by atoms with Crippen LogP contribution in [0.15, 0.2) is 0 Å². The van der Waals surface area contributed by atoms with E-state index in [2.05, 4.69) is 6.92 Å². The van der Waals surface area contributed by atoms with Crippen molar-refractivity contribution < 1.29 is 19.4 Å². The zero-order valence-electron chi connectivity index (χ0n) is 13.0. The maximum Gasteiger partial charge on any atom is 0.323 e. The highest BCUT2D eigenvalue weighted by atomic mass is 16.5. The summed E-state index contributed by atoms with van der Waals surface area (Å²) in [7, 11) is 1.85. The molecule has 1 aliphatic carbocycles. The van der Waals surface area contributed by atoms with Crippen LogP contribution in [-0.4, -0.2) is 72.2 Å². The molecule has 1 saturated carbocycles. The summed E-state index contributed by atoms with van der Waals surface area (Å²) >= 11 is 0. The molecule has 1 aliphatic heterocycles. The van der Waals surface area contributed by atoms with E-state index in [1.807, 2.05) is 11.9 Å². The molecule has 0 spiro atoms. The standard InChI is InChI=1S/C15H26N2O4/c1-11-3-5-12(6-4-11)16(2)14(18)9-17-7-8-21-10-13(17)15(19)20/h11-13H,3-10H2,1-2H3,(H,19,20). The van der Waals surface area contributed by atoms with Gasteiger partial charge in [-0.3, -0.25) is 14.5 Å². The Bertz CT molecular complexity index is 380. The lowest BCUT2D eigenvalue weighted by molar-refractivity contribution is -0.151. The number of carbonyl (C=O) groups is 2. The van der Waals surface area contributed by atoms with Crippen LogP contribution in [0.4, 0.5) is 0 Å². The fourth-order valence-electron chi connectivity index (χ4n) is 3.17. The molecule has 6 heteroatoms. The van der Waals surface area contributed by atoms with E-state index >= 15 is 0 Å². The van der Waals surface area contributed by atoms with Crippen LogP contribution in [0.5, 0.6) is 0 Å². The van der Waals surface area contributed by atoms with Gasteiger partial charge in [-0.25, -0.2) is 0 Å². The van der Waals surface area contributed by atoms with Crippen molar-refractivity contribution >= 4 is 11.9 Å². The van der Waals surface area contributed by atoms with Crippen LogP contribution in [0, 0.1) is 5.92 Å². The molecule has 0 aromatic heterocycles.